The maximum atomic E-state index is 11.3. The summed E-state index contributed by atoms with van der Waals surface area (Å²) in [5.74, 6) is -0.141. The normalized spacial score (nSPS) is 19.2. The Balaban J connectivity index is 2.33. The average molecular weight is 330 g/mol. The van der Waals surface area contributed by atoms with Gasteiger partial charge in [0.15, 0.2) is 6.29 Å². The number of pyridine rings is 1. The number of carbonyl (C=O) groups excluding carboxylic acids is 2. The number of nitrogens with zero attached hydrogens (tertiary/aromatic N) is 1. The Labute approximate surface area is 142 Å². The van der Waals surface area contributed by atoms with Crippen LogP contribution in [0.15, 0.2) is 23.9 Å². The molecule has 1 aliphatic rings. The minimum absolute atomic E-state index is 0.141. The van der Waals surface area contributed by atoms with E-state index in [1.807, 2.05) is 33.8 Å². The van der Waals surface area contributed by atoms with Crippen molar-refractivity contribution in [1.29, 1.82) is 0 Å². The summed E-state index contributed by atoms with van der Waals surface area (Å²) in [6, 6.07) is 1.72. The molecule has 6 nitrogen and oxygen atoms in total. The lowest BCUT2D eigenvalue weighted by Gasteiger charge is -2.32. The van der Waals surface area contributed by atoms with Crippen molar-refractivity contribution in [2.75, 3.05) is 6.54 Å². The summed E-state index contributed by atoms with van der Waals surface area (Å²) in [5.41, 5.74) is 1.03. The largest absolute Gasteiger partial charge is 0.492 e. The molecule has 7 heteroatoms. The number of nitrogens with one attached hydrogen (secondary N) is 1. The van der Waals surface area contributed by atoms with E-state index in [4.69, 9.17) is 9.31 Å². The first kappa shape index (κ1) is 18.4. The predicted molar refractivity (Wildman–Crippen MR) is 92.4 cm³/mol. The Morgan fingerprint density at radius 1 is 1.21 bits per heavy atom. The van der Waals surface area contributed by atoms with Crippen LogP contribution in [0.3, 0.4) is 0 Å². The molecule has 1 N–H and O–H groups in total. The Kier molecular flexibility index (Phi) is 5.25. The quantitative estimate of drug-likeness (QED) is 0.660. The summed E-state index contributed by atoms with van der Waals surface area (Å²) in [5, 5.41) is 2.77. The second-order valence-corrected chi connectivity index (χ2v) is 6.89. The van der Waals surface area contributed by atoms with Gasteiger partial charge in [-0.1, -0.05) is 6.08 Å². The lowest BCUT2D eigenvalue weighted by Crippen LogP contribution is -2.41. The van der Waals surface area contributed by atoms with E-state index in [-0.39, 0.29) is 12.5 Å². The highest BCUT2D eigenvalue weighted by atomic mass is 16.7. The lowest BCUT2D eigenvalue weighted by atomic mass is 9.77. The van der Waals surface area contributed by atoms with E-state index in [9.17, 15) is 9.59 Å². The van der Waals surface area contributed by atoms with Crippen LogP contribution in [-0.2, 0) is 14.1 Å². The Morgan fingerprint density at radius 2 is 1.79 bits per heavy atom. The van der Waals surface area contributed by atoms with E-state index in [0.29, 0.717) is 5.56 Å². The molecule has 1 aliphatic heterocycles. The number of rotatable bonds is 5. The minimum Gasteiger partial charge on any atom is -0.400 e. The maximum absolute atomic E-state index is 11.3. The number of amides is 1. The van der Waals surface area contributed by atoms with Crippen LogP contribution in [0.1, 0.15) is 50.5 Å². The van der Waals surface area contributed by atoms with Crippen LogP contribution >= 0.6 is 0 Å². The van der Waals surface area contributed by atoms with Crippen molar-refractivity contribution in [2.24, 2.45) is 0 Å². The van der Waals surface area contributed by atoms with Gasteiger partial charge < -0.3 is 14.6 Å². The predicted octanol–water partition coefficient (Wildman–Crippen LogP) is 2.04. The van der Waals surface area contributed by atoms with Crippen molar-refractivity contribution in [3.63, 3.8) is 0 Å². The summed E-state index contributed by atoms with van der Waals surface area (Å²) >= 11 is 0. The van der Waals surface area contributed by atoms with Crippen molar-refractivity contribution >= 4 is 25.4 Å². The van der Waals surface area contributed by atoms with Crippen molar-refractivity contribution in [3.8, 4) is 0 Å². The molecule has 0 aromatic carbocycles. The molecular formula is C17H23BN2O4. The fraction of sp³-hybridized carbons (Fsp3) is 0.471. The minimum atomic E-state index is -0.582. The van der Waals surface area contributed by atoms with Gasteiger partial charge in [-0.25, -0.2) is 0 Å². The summed E-state index contributed by atoms with van der Waals surface area (Å²) in [6.07, 6.45) is 5.71. The Bertz CT molecular complexity index is 654. The van der Waals surface area contributed by atoms with Crippen LogP contribution in [0.4, 0.5) is 0 Å². The second kappa shape index (κ2) is 6.87. The van der Waals surface area contributed by atoms with Crippen molar-refractivity contribution in [1.82, 2.24) is 10.3 Å². The molecule has 128 valence electrons. The molecule has 1 fully saturated rings. The third-order valence-electron chi connectivity index (χ3n) is 4.37. The molecule has 0 aliphatic carbocycles. The first-order chi connectivity index (χ1) is 11.1. The smallest absolute Gasteiger partial charge is 0.400 e. The maximum Gasteiger partial charge on any atom is 0.492 e. The molecule has 1 amide bonds. The van der Waals surface area contributed by atoms with E-state index in [2.05, 4.69) is 10.3 Å². The van der Waals surface area contributed by atoms with E-state index in [1.165, 1.54) is 13.1 Å². The van der Waals surface area contributed by atoms with Crippen molar-refractivity contribution in [3.05, 3.63) is 35.1 Å². The van der Waals surface area contributed by atoms with Gasteiger partial charge in [0.05, 0.1) is 11.2 Å². The second-order valence-electron chi connectivity index (χ2n) is 6.89. The van der Waals surface area contributed by atoms with E-state index in [0.717, 1.165) is 17.3 Å². The van der Waals surface area contributed by atoms with Gasteiger partial charge >= 0.3 is 7.12 Å². The van der Waals surface area contributed by atoms with Gasteiger partial charge in [0.1, 0.15) is 0 Å². The molecule has 0 bridgehead atoms. The van der Waals surface area contributed by atoms with Gasteiger partial charge in [-0.05, 0) is 44.8 Å². The highest BCUT2D eigenvalue weighted by molar-refractivity contribution is 6.56. The molecule has 0 radical (unpaired) electrons. The zero-order chi connectivity index (χ0) is 18.0. The van der Waals surface area contributed by atoms with Crippen molar-refractivity contribution < 1.29 is 18.9 Å². The average Bonchev–Trinajstić information content (AvgIpc) is 2.71. The Hall–Kier alpha value is -1.99. The van der Waals surface area contributed by atoms with E-state index < -0.39 is 18.3 Å². The number of aldehydes is 1. The third-order valence-corrected chi connectivity index (χ3v) is 4.37. The van der Waals surface area contributed by atoms with Crippen LogP contribution in [0.2, 0.25) is 0 Å². The van der Waals surface area contributed by atoms with E-state index >= 15 is 0 Å². The van der Waals surface area contributed by atoms with Gasteiger partial charge in [0.25, 0.3) is 0 Å². The molecule has 0 saturated carbocycles. The van der Waals surface area contributed by atoms with Crippen LogP contribution < -0.4 is 5.32 Å². The summed E-state index contributed by atoms with van der Waals surface area (Å²) in [7, 11) is -0.582. The van der Waals surface area contributed by atoms with Gasteiger partial charge in [-0.3, -0.25) is 14.6 Å². The fourth-order valence-corrected chi connectivity index (χ4v) is 2.26. The topological polar surface area (TPSA) is 77.5 Å². The summed E-state index contributed by atoms with van der Waals surface area (Å²) in [6.45, 7) is 9.62. The number of hydrogen-bond donors (Lipinski definition) is 1. The van der Waals surface area contributed by atoms with Gasteiger partial charge in [-0.15, -0.1) is 0 Å². The molecule has 1 saturated heterocycles. The molecule has 24 heavy (non-hydrogen) atoms. The van der Waals surface area contributed by atoms with Gasteiger partial charge in [-0.2, -0.15) is 0 Å². The third kappa shape index (κ3) is 4.10. The highest BCUT2D eigenvalue weighted by Gasteiger charge is 2.52. The molecule has 2 rings (SSSR count). The van der Waals surface area contributed by atoms with Crippen LogP contribution in [0, 0.1) is 0 Å². The molecule has 0 atom stereocenters. The van der Waals surface area contributed by atoms with Crippen LogP contribution in [0.25, 0.3) is 6.08 Å². The fourth-order valence-electron chi connectivity index (χ4n) is 2.26. The zero-order valence-electron chi connectivity index (χ0n) is 14.8. The summed E-state index contributed by atoms with van der Waals surface area (Å²) < 4.78 is 12.1. The SMILES string of the molecule is CC(=O)NCC(=Cc1cncc(C=O)c1)B1OC(C)(C)C(C)(C)O1. The lowest BCUT2D eigenvalue weighted by molar-refractivity contribution is -0.118. The standard InChI is InChI=1S/C17H23BN2O4/c1-12(22)20-10-15(7-13-6-14(11-21)9-19-8-13)18-23-16(2,3)17(4,5)24-18/h6-9,11H,10H2,1-5H3,(H,20,22). The number of hydrogen-bond acceptors (Lipinski definition) is 5. The Morgan fingerprint density at radius 3 is 2.33 bits per heavy atom. The monoisotopic (exact) mass is 330 g/mol. The number of carbonyl (C=O) groups is 2. The zero-order valence-corrected chi connectivity index (χ0v) is 14.8. The van der Waals surface area contributed by atoms with Gasteiger partial charge in [0, 0.05) is 31.4 Å². The van der Waals surface area contributed by atoms with Gasteiger partial charge in [0.2, 0.25) is 5.91 Å². The van der Waals surface area contributed by atoms with Crippen LogP contribution in [-0.4, -0.2) is 42.0 Å². The molecule has 0 spiro atoms. The highest BCUT2D eigenvalue weighted by Crippen LogP contribution is 2.38. The molecule has 1 aromatic heterocycles. The number of aromatic nitrogens is 1. The molecular weight excluding hydrogens is 307 g/mol. The first-order valence-electron chi connectivity index (χ1n) is 7.85. The molecule has 1 aromatic rings. The van der Waals surface area contributed by atoms with Crippen molar-refractivity contribution in [2.45, 2.75) is 45.8 Å². The van der Waals surface area contributed by atoms with E-state index in [1.54, 1.807) is 12.3 Å². The molecule has 0 unspecified atom stereocenters. The first-order valence-corrected chi connectivity index (χ1v) is 7.85. The van der Waals surface area contributed by atoms with Crippen LogP contribution in [0.5, 0.6) is 0 Å². The molecule has 2 heterocycles. The summed E-state index contributed by atoms with van der Waals surface area (Å²) in [4.78, 5) is 26.3.